The number of fused-ring (bicyclic) bond motifs is 8. The standard InChI is InChI=1S/C42H25N3O/c1-2-12-26(13-3-1)40-32-16-6-8-21-35(32)43-42(44-40)45-36-25-28-15-5-4-14-27(28)24-34(36)31-20-10-19-30(41(31)45)29-18-11-23-38-39(29)33-17-7-9-22-37(33)46-38/h1-25H. The number of para-hydroxylation sites is 3. The molecule has 0 fully saturated rings. The van der Waals surface area contributed by atoms with Crippen LogP contribution in [0.15, 0.2) is 156 Å². The molecule has 0 bridgehead atoms. The summed E-state index contributed by atoms with van der Waals surface area (Å²) in [6, 6.07) is 53.0. The van der Waals surface area contributed by atoms with Crippen LogP contribution in [0.5, 0.6) is 0 Å². The zero-order valence-electron chi connectivity index (χ0n) is 24.7. The molecule has 0 aliphatic rings. The predicted molar refractivity (Wildman–Crippen MR) is 190 cm³/mol. The van der Waals surface area contributed by atoms with Gasteiger partial charge in [-0.05, 0) is 46.7 Å². The van der Waals surface area contributed by atoms with Gasteiger partial charge in [-0.3, -0.25) is 4.57 Å². The number of rotatable bonds is 3. The molecule has 4 heteroatoms. The molecule has 0 N–H and O–H groups in total. The second-order valence-electron chi connectivity index (χ2n) is 11.8. The minimum Gasteiger partial charge on any atom is -0.456 e. The van der Waals surface area contributed by atoms with Crippen LogP contribution in [-0.4, -0.2) is 14.5 Å². The van der Waals surface area contributed by atoms with E-state index < -0.39 is 0 Å². The molecule has 0 saturated heterocycles. The number of aromatic nitrogens is 3. The van der Waals surface area contributed by atoms with E-state index in [1.165, 1.54) is 10.8 Å². The lowest BCUT2D eigenvalue weighted by Crippen LogP contribution is -2.04. The average molecular weight is 588 g/mol. The van der Waals surface area contributed by atoms with Crippen LogP contribution >= 0.6 is 0 Å². The molecule has 4 nitrogen and oxygen atoms in total. The molecule has 7 aromatic carbocycles. The van der Waals surface area contributed by atoms with E-state index in [0.717, 1.165) is 77.0 Å². The van der Waals surface area contributed by atoms with Crippen molar-refractivity contribution in [1.29, 1.82) is 0 Å². The molecular formula is C42H25N3O. The topological polar surface area (TPSA) is 43.9 Å². The van der Waals surface area contributed by atoms with Gasteiger partial charge < -0.3 is 4.42 Å². The van der Waals surface area contributed by atoms with Gasteiger partial charge in [0.1, 0.15) is 11.2 Å². The third-order valence-corrected chi connectivity index (χ3v) is 9.19. The number of furan rings is 1. The molecular weight excluding hydrogens is 562 g/mol. The smallest absolute Gasteiger partial charge is 0.235 e. The Kier molecular flexibility index (Phi) is 5.25. The summed E-state index contributed by atoms with van der Waals surface area (Å²) in [6.07, 6.45) is 0. The highest BCUT2D eigenvalue weighted by Crippen LogP contribution is 2.43. The Bertz CT molecular complexity index is 2810. The fraction of sp³-hybridized carbons (Fsp3) is 0. The Balaban J connectivity index is 1.39. The van der Waals surface area contributed by atoms with Crippen molar-refractivity contribution >= 4 is 65.4 Å². The van der Waals surface area contributed by atoms with E-state index in [-0.39, 0.29) is 0 Å². The largest absolute Gasteiger partial charge is 0.456 e. The maximum Gasteiger partial charge on any atom is 0.235 e. The minimum absolute atomic E-state index is 0.643. The number of hydrogen-bond acceptors (Lipinski definition) is 3. The SMILES string of the molecule is c1ccc(-c2nc(-n3c4cc5ccccc5cc4c4cccc(-c5cccc6oc7ccccc7c56)c43)nc3ccccc23)cc1. The lowest BCUT2D eigenvalue weighted by Gasteiger charge is -2.14. The fourth-order valence-electron chi connectivity index (χ4n) is 7.16. The molecule has 0 spiro atoms. The third-order valence-electron chi connectivity index (χ3n) is 9.19. The van der Waals surface area contributed by atoms with Crippen molar-refractivity contribution in [3.63, 3.8) is 0 Å². The van der Waals surface area contributed by atoms with Gasteiger partial charge in [-0.1, -0.05) is 121 Å². The molecule has 3 heterocycles. The van der Waals surface area contributed by atoms with Crippen LogP contribution in [0.25, 0.3) is 93.8 Å². The van der Waals surface area contributed by atoms with Gasteiger partial charge in [0.05, 0.1) is 22.2 Å². The highest BCUT2D eigenvalue weighted by atomic mass is 16.3. The molecule has 3 aromatic heterocycles. The molecule has 46 heavy (non-hydrogen) atoms. The molecule has 214 valence electrons. The van der Waals surface area contributed by atoms with Gasteiger partial charge in [-0.2, -0.15) is 0 Å². The van der Waals surface area contributed by atoms with Crippen LogP contribution in [0, 0.1) is 0 Å². The Labute approximate surface area is 263 Å². The molecule has 0 aliphatic carbocycles. The van der Waals surface area contributed by atoms with Crippen LogP contribution in [0.2, 0.25) is 0 Å². The van der Waals surface area contributed by atoms with Gasteiger partial charge in [0, 0.05) is 38.1 Å². The Morgan fingerprint density at radius 3 is 2.04 bits per heavy atom. The van der Waals surface area contributed by atoms with Crippen molar-refractivity contribution in [2.24, 2.45) is 0 Å². The highest BCUT2D eigenvalue weighted by molar-refractivity contribution is 6.20. The van der Waals surface area contributed by atoms with Gasteiger partial charge in [0.15, 0.2) is 0 Å². The van der Waals surface area contributed by atoms with Crippen LogP contribution in [0.1, 0.15) is 0 Å². The van der Waals surface area contributed by atoms with Gasteiger partial charge in [0.25, 0.3) is 0 Å². The van der Waals surface area contributed by atoms with E-state index in [2.05, 4.69) is 132 Å². The Hall–Kier alpha value is -6.26. The summed E-state index contributed by atoms with van der Waals surface area (Å²) in [6.45, 7) is 0. The van der Waals surface area contributed by atoms with E-state index in [1.54, 1.807) is 0 Å². The molecule has 0 amide bonds. The van der Waals surface area contributed by atoms with Gasteiger partial charge in [-0.15, -0.1) is 0 Å². The quantitative estimate of drug-likeness (QED) is 0.207. The van der Waals surface area contributed by atoms with Crippen molar-refractivity contribution in [2.75, 3.05) is 0 Å². The van der Waals surface area contributed by atoms with Crippen molar-refractivity contribution in [1.82, 2.24) is 14.5 Å². The van der Waals surface area contributed by atoms with Crippen LogP contribution in [0.4, 0.5) is 0 Å². The summed E-state index contributed by atoms with van der Waals surface area (Å²) in [7, 11) is 0. The molecule has 10 rings (SSSR count). The normalized spacial score (nSPS) is 11.9. The van der Waals surface area contributed by atoms with Crippen LogP contribution in [-0.2, 0) is 0 Å². The molecule has 0 radical (unpaired) electrons. The molecule has 0 saturated carbocycles. The maximum absolute atomic E-state index is 6.33. The van der Waals surface area contributed by atoms with Crippen molar-refractivity contribution in [2.45, 2.75) is 0 Å². The first-order valence-corrected chi connectivity index (χ1v) is 15.5. The summed E-state index contributed by atoms with van der Waals surface area (Å²) in [5.41, 5.74) is 8.99. The number of hydrogen-bond donors (Lipinski definition) is 0. The fourth-order valence-corrected chi connectivity index (χ4v) is 7.16. The van der Waals surface area contributed by atoms with E-state index in [1.807, 2.05) is 24.3 Å². The second-order valence-corrected chi connectivity index (χ2v) is 11.8. The molecule has 0 unspecified atom stereocenters. The van der Waals surface area contributed by atoms with Gasteiger partial charge in [0.2, 0.25) is 5.95 Å². The maximum atomic E-state index is 6.33. The summed E-state index contributed by atoms with van der Waals surface area (Å²) < 4.78 is 8.60. The summed E-state index contributed by atoms with van der Waals surface area (Å²) >= 11 is 0. The minimum atomic E-state index is 0.643. The van der Waals surface area contributed by atoms with Crippen molar-refractivity contribution in [3.8, 4) is 28.3 Å². The van der Waals surface area contributed by atoms with Gasteiger partial charge in [-0.25, -0.2) is 9.97 Å². The second kappa shape index (κ2) is 9.62. The van der Waals surface area contributed by atoms with Crippen molar-refractivity contribution in [3.05, 3.63) is 152 Å². The molecule has 0 aliphatic heterocycles. The predicted octanol–water partition coefficient (Wildman–Crippen LogP) is 11.1. The Morgan fingerprint density at radius 2 is 1.15 bits per heavy atom. The lowest BCUT2D eigenvalue weighted by molar-refractivity contribution is 0.669. The Morgan fingerprint density at radius 1 is 0.478 bits per heavy atom. The van der Waals surface area contributed by atoms with E-state index in [4.69, 9.17) is 14.4 Å². The number of benzene rings is 7. The summed E-state index contributed by atoms with van der Waals surface area (Å²) in [4.78, 5) is 10.6. The summed E-state index contributed by atoms with van der Waals surface area (Å²) in [5, 5.41) is 7.93. The highest BCUT2D eigenvalue weighted by Gasteiger charge is 2.22. The van der Waals surface area contributed by atoms with E-state index in [9.17, 15) is 0 Å². The first kappa shape index (κ1) is 25.1. The number of nitrogens with zero attached hydrogens (tertiary/aromatic N) is 3. The summed E-state index contributed by atoms with van der Waals surface area (Å²) in [5.74, 6) is 0.643. The molecule has 10 aromatic rings. The third kappa shape index (κ3) is 3.61. The van der Waals surface area contributed by atoms with Gasteiger partial charge >= 0.3 is 0 Å². The zero-order valence-corrected chi connectivity index (χ0v) is 24.7. The monoisotopic (exact) mass is 587 g/mol. The van der Waals surface area contributed by atoms with Crippen LogP contribution < -0.4 is 0 Å². The van der Waals surface area contributed by atoms with E-state index in [0.29, 0.717) is 5.95 Å². The first-order valence-electron chi connectivity index (χ1n) is 15.5. The van der Waals surface area contributed by atoms with Crippen molar-refractivity contribution < 1.29 is 4.42 Å². The zero-order chi connectivity index (χ0) is 30.2. The average Bonchev–Trinajstić information content (AvgIpc) is 3.66. The molecule has 0 atom stereocenters. The van der Waals surface area contributed by atoms with Crippen LogP contribution in [0.3, 0.4) is 0 Å². The first-order chi connectivity index (χ1) is 22.8. The van der Waals surface area contributed by atoms with E-state index >= 15 is 0 Å². The lowest BCUT2D eigenvalue weighted by atomic mass is 9.97.